The molecule has 1 radical (unpaired) electrons. The van der Waals surface area contributed by atoms with Crippen molar-refractivity contribution in [3.8, 4) is 12.4 Å². The van der Waals surface area contributed by atoms with Gasteiger partial charge >= 0.3 is 0 Å². The van der Waals surface area contributed by atoms with Gasteiger partial charge in [0.15, 0.2) is 12.4 Å². The second-order valence-electron chi connectivity index (χ2n) is 1.12. The largest absolute Gasteiger partial charge is 0.287 e. The average molecular weight is 131 g/mol. The van der Waals surface area contributed by atoms with Gasteiger partial charge in [-0.2, -0.15) is 15.4 Å². The predicted molar refractivity (Wildman–Crippen MR) is 32.2 cm³/mol. The maximum Gasteiger partial charge on any atom is 0.200 e. The number of nitriles is 2. The monoisotopic (exact) mass is 131 g/mol. The van der Waals surface area contributed by atoms with E-state index in [9.17, 15) is 0 Å². The third-order valence-corrected chi connectivity index (χ3v) is 0.535. The summed E-state index contributed by atoms with van der Waals surface area (Å²) in [6.45, 7) is 1.37. The molecule has 0 aliphatic carbocycles. The van der Waals surface area contributed by atoms with Gasteiger partial charge < -0.3 is 0 Å². The minimum absolute atomic E-state index is 0. The molecule has 0 aromatic heterocycles. The van der Waals surface area contributed by atoms with Crippen LogP contribution in [0.4, 0.5) is 0 Å². The van der Waals surface area contributed by atoms with Crippen LogP contribution in [0.15, 0.2) is 0 Å². The quantitative estimate of drug-likeness (QED) is 0.163. The number of nitrogens with zero attached hydrogens (tertiary/aromatic N) is 3. The molecule has 0 saturated heterocycles. The van der Waals surface area contributed by atoms with E-state index >= 15 is 0 Å². The van der Waals surface area contributed by atoms with Gasteiger partial charge in [-0.25, -0.2) is 0 Å². The number of nitrogens with one attached hydrogen (secondary N) is 1. The minimum Gasteiger partial charge on any atom is -0.287 e. The Balaban J connectivity index is 0. The first-order valence-corrected chi connectivity index (χ1v) is 1.87. The molecule has 0 rings (SSSR count). The van der Waals surface area contributed by atoms with E-state index in [-0.39, 0.29) is 35.4 Å². The molecule has 1 N–H and O–H groups in total. The molecule has 0 fully saturated rings. The van der Waals surface area contributed by atoms with Gasteiger partial charge in [-0.3, -0.25) is 5.41 Å². The van der Waals surface area contributed by atoms with Crippen molar-refractivity contribution < 1.29 is 0 Å². The SMILES string of the molecule is CC(=N)N(C#N)C#N.[Na]. The van der Waals surface area contributed by atoms with Crippen molar-refractivity contribution in [2.75, 3.05) is 0 Å². The van der Waals surface area contributed by atoms with Gasteiger partial charge in [-0.1, -0.05) is 0 Å². The van der Waals surface area contributed by atoms with E-state index < -0.39 is 0 Å². The van der Waals surface area contributed by atoms with E-state index in [0.717, 1.165) is 0 Å². The summed E-state index contributed by atoms with van der Waals surface area (Å²) in [4.78, 5) is 0.611. The van der Waals surface area contributed by atoms with Crippen LogP contribution in [0.25, 0.3) is 0 Å². The first-order valence-electron chi connectivity index (χ1n) is 1.87. The normalized spacial score (nSPS) is 5.67. The van der Waals surface area contributed by atoms with Gasteiger partial charge in [0.25, 0.3) is 0 Å². The third-order valence-electron chi connectivity index (χ3n) is 0.535. The molecule has 0 spiro atoms. The molecule has 0 saturated carbocycles. The zero-order valence-corrected chi connectivity index (χ0v) is 7.34. The Labute approximate surface area is 75.5 Å². The van der Waals surface area contributed by atoms with Gasteiger partial charge in [0, 0.05) is 29.6 Å². The van der Waals surface area contributed by atoms with E-state index in [0.29, 0.717) is 4.90 Å². The van der Waals surface area contributed by atoms with E-state index in [1.807, 2.05) is 0 Å². The fourth-order valence-electron chi connectivity index (χ4n) is 0.172. The summed E-state index contributed by atoms with van der Waals surface area (Å²) in [5.41, 5.74) is 0. The molecule has 4 nitrogen and oxygen atoms in total. The Morgan fingerprint density at radius 1 is 1.44 bits per heavy atom. The van der Waals surface area contributed by atoms with Gasteiger partial charge in [0.2, 0.25) is 0 Å². The summed E-state index contributed by atoms with van der Waals surface area (Å²) < 4.78 is 0. The van der Waals surface area contributed by atoms with Gasteiger partial charge in [-0.15, -0.1) is 0 Å². The van der Waals surface area contributed by atoms with Crippen LogP contribution in [-0.4, -0.2) is 40.3 Å². The average Bonchev–Trinajstić information content (AvgIpc) is 1.69. The molecule has 9 heavy (non-hydrogen) atoms. The third kappa shape index (κ3) is 3.99. The van der Waals surface area contributed by atoms with Crippen molar-refractivity contribution in [3.63, 3.8) is 0 Å². The summed E-state index contributed by atoms with van der Waals surface area (Å²) in [6.07, 6.45) is 3.00. The summed E-state index contributed by atoms with van der Waals surface area (Å²) in [7, 11) is 0. The van der Waals surface area contributed by atoms with Crippen molar-refractivity contribution in [1.29, 1.82) is 15.9 Å². The zero-order chi connectivity index (χ0) is 6.57. The minimum atomic E-state index is -0.0602. The van der Waals surface area contributed by atoms with Crippen molar-refractivity contribution in [3.05, 3.63) is 0 Å². The fraction of sp³-hybridized carbons (Fsp3) is 0.250. The molecule has 0 amide bonds. The summed E-state index contributed by atoms with van der Waals surface area (Å²) >= 11 is 0. The summed E-state index contributed by atoms with van der Waals surface area (Å²) in [5, 5.41) is 22.8. The van der Waals surface area contributed by atoms with Crippen LogP contribution in [-0.2, 0) is 0 Å². The van der Waals surface area contributed by atoms with Crippen LogP contribution in [0, 0.1) is 28.3 Å². The Kier molecular flexibility index (Phi) is 6.99. The van der Waals surface area contributed by atoms with Crippen molar-refractivity contribution in [1.82, 2.24) is 4.90 Å². The van der Waals surface area contributed by atoms with Crippen molar-refractivity contribution >= 4 is 35.4 Å². The Morgan fingerprint density at radius 2 is 1.78 bits per heavy atom. The molecule has 0 aliphatic rings. The molecular weight excluding hydrogens is 127 g/mol. The van der Waals surface area contributed by atoms with Crippen LogP contribution >= 0.6 is 0 Å². The van der Waals surface area contributed by atoms with E-state index in [2.05, 4.69) is 0 Å². The van der Waals surface area contributed by atoms with Crippen LogP contribution < -0.4 is 0 Å². The molecule has 0 atom stereocenters. The smallest absolute Gasteiger partial charge is 0.200 e. The maximum absolute atomic E-state index is 8.01. The molecule has 5 heteroatoms. The number of amidine groups is 1. The number of hydrogen-bond acceptors (Lipinski definition) is 3. The van der Waals surface area contributed by atoms with E-state index in [1.165, 1.54) is 19.3 Å². The molecule has 0 bridgehead atoms. The first-order chi connectivity index (χ1) is 3.72. The second kappa shape index (κ2) is 5.58. The van der Waals surface area contributed by atoms with Gasteiger partial charge in [0.05, 0.1) is 0 Å². The molecule has 0 aromatic rings. The summed E-state index contributed by atoms with van der Waals surface area (Å²) in [6, 6.07) is 0. The maximum atomic E-state index is 8.01. The topological polar surface area (TPSA) is 74.7 Å². The zero-order valence-electron chi connectivity index (χ0n) is 5.34. The first kappa shape index (κ1) is 11.3. The fourth-order valence-corrected chi connectivity index (χ4v) is 0.172. The molecular formula is C4H4N4Na. The Bertz CT molecular complexity index is 160. The Morgan fingerprint density at radius 3 is 1.78 bits per heavy atom. The molecule has 0 aliphatic heterocycles. The van der Waals surface area contributed by atoms with Crippen LogP contribution in [0.2, 0.25) is 0 Å². The molecule has 41 valence electrons. The second-order valence-corrected chi connectivity index (χ2v) is 1.12. The molecule has 0 aromatic carbocycles. The van der Waals surface area contributed by atoms with Gasteiger partial charge in [-0.05, 0) is 6.92 Å². The van der Waals surface area contributed by atoms with Crippen molar-refractivity contribution in [2.24, 2.45) is 0 Å². The van der Waals surface area contributed by atoms with Crippen LogP contribution in [0.1, 0.15) is 6.92 Å². The van der Waals surface area contributed by atoms with Crippen LogP contribution in [0.3, 0.4) is 0 Å². The molecule has 0 heterocycles. The van der Waals surface area contributed by atoms with Crippen LogP contribution in [0.5, 0.6) is 0 Å². The predicted octanol–water partition coefficient (Wildman–Crippen LogP) is -0.133. The standard InChI is InChI=1S/C4H4N4.Na/c1-4(7)8(2-5)3-6;/h7H,1H3;. The summed E-state index contributed by atoms with van der Waals surface area (Å²) in [5.74, 6) is -0.0602. The van der Waals surface area contributed by atoms with E-state index in [1.54, 1.807) is 0 Å². The van der Waals surface area contributed by atoms with Crippen molar-refractivity contribution in [2.45, 2.75) is 6.92 Å². The van der Waals surface area contributed by atoms with Gasteiger partial charge in [0.1, 0.15) is 5.84 Å². The number of rotatable bonds is 0. The molecule has 0 unspecified atom stereocenters. The Hall–Kier alpha value is -0.550. The number of hydrogen-bond donors (Lipinski definition) is 1. The van der Waals surface area contributed by atoms with E-state index in [4.69, 9.17) is 15.9 Å².